The number of piperidine rings is 2. The van der Waals surface area contributed by atoms with E-state index in [1.165, 1.54) is 6.07 Å². The van der Waals surface area contributed by atoms with Crippen LogP contribution in [0.4, 0.5) is 18.0 Å². The molecule has 2 atom stereocenters. The molecule has 1 aromatic rings. The zero-order chi connectivity index (χ0) is 21.6. The number of benzene rings is 1. The molecule has 0 radical (unpaired) electrons. The first-order valence-corrected chi connectivity index (χ1v) is 9.69. The van der Waals surface area contributed by atoms with Crippen LogP contribution in [0.3, 0.4) is 0 Å². The Bertz CT molecular complexity index is 825. The number of nitriles is 1. The minimum atomic E-state index is -4.62. The third-order valence-electron chi connectivity index (χ3n) is 5.54. The summed E-state index contributed by atoms with van der Waals surface area (Å²) in [5.41, 5.74) is -3.24. The maximum Gasteiger partial charge on any atom is 0.416 e. The predicted octanol–water partition coefficient (Wildman–Crippen LogP) is 4.72. The first-order valence-electron chi connectivity index (χ1n) is 9.69. The number of halogens is 3. The molecule has 1 aromatic carbocycles. The number of hydrogen-bond donors (Lipinski definition) is 1. The van der Waals surface area contributed by atoms with Crippen molar-refractivity contribution in [1.29, 1.82) is 5.26 Å². The van der Waals surface area contributed by atoms with Gasteiger partial charge in [0.15, 0.2) is 0 Å². The van der Waals surface area contributed by atoms with Gasteiger partial charge in [0.2, 0.25) is 0 Å². The third kappa shape index (κ3) is 4.50. The Balaban J connectivity index is 1.94. The van der Waals surface area contributed by atoms with Crippen LogP contribution in [0.15, 0.2) is 18.2 Å². The van der Waals surface area contributed by atoms with Crippen molar-refractivity contribution < 1.29 is 27.8 Å². The Morgan fingerprint density at radius 2 is 1.79 bits per heavy atom. The van der Waals surface area contributed by atoms with Crippen LogP contribution in [0.5, 0.6) is 0 Å². The third-order valence-corrected chi connectivity index (χ3v) is 5.54. The maximum atomic E-state index is 13.3. The van der Waals surface area contributed by atoms with Gasteiger partial charge in [-0.05, 0) is 63.8 Å². The number of hydrogen-bond acceptors (Lipinski definition) is 4. The molecule has 5 nitrogen and oxygen atoms in total. The van der Waals surface area contributed by atoms with Gasteiger partial charge in [-0.25, -0.2) is 4.79 Å². The lowest BCUT2D eigenvalue weighted by Gasteiger charge is -2.52. The fourth-order valence-electron chi connectivity index (χ4n) is 4.40. The van der Waals surface area contributed by atoms with Crippen molar-refractivity contribution in [3.8, 4) is 6.07 Å². The molecule has 0 aliphatic carbocycles. The highest BCUT2D eigenvalue weighted by molar-refractivity contribution is 5.69. The van der Waals surface area contributed by atoms with Gasteiger partial charge in [0.1, 0.15) is 5.60 Å². The van der Waals surface area contributed by atoms with Crippen LogP contribution in [-0.4, -0.2) is 33.8 Å². The second-order valence-corrected chi connectivity index (χ2v) is 8.97. The second kappa shape index (κ2) is 7.21. The summed E-state index contributed by atoms with van der Waals surface area (Å²) in [6, 6.07) is 4.09. The van der Waals surface area contributed by atoms with Crippen molar-refractivity contribution in [2.24, 2.45) is 0 Å². The Morgan fingerprint density at radius 3 is 2.28 bits per heavy atom. The standard InChI is InChI=1S/C21H25F3N2O3/c1-19(2,3)29-18(27)26-16-5-4-6-17(26)11-20(28,10-16)14-7-13(12-25)8-15(9-14)21(22,23)24/h7-9,16-17,28H,4-6,10-11H2,1-3H3. The van der Waals surface area contributed by atoms with E-state index >= 15 is 0 Å². The minimum Gasteiger partial charge on any atom is -0.444 e. The molecular formula is C21H25F3N2O3. The van der Waals surface area contributed by atoms with Crippen molar-refractivity contribution in [3.05, 3.63) is 34.9 Å². The smallest absolute Gasteiger partial charge is 0.416 e. The summed E-state index contributed by atoms with van der Waals surface area (Å²) in [5.74, 6) is 0. The molecule has 2 fully saturated rings. The summed E-state index contributed by atoms with van der Waals surface area (Å²) in [4.78, 5) is 14.3. The normalized spacial score (nSPS) is 27.3. The summed E-state index contributed by atoms with van der Waals surface area (Å²) in [6.07, 6.45) is -2.72. The van der Waals surface area contributed by atoms with Crippen LogP contribution >= 0.6 is 0 Å². The highest BCUT2D eigenvalue weighted by Gasteiger charge is 2.49. The van der Waals surface area contributed by atoms with Gasteiger partial charge in [-0.2, -0.15) is 18.4 Å². The van der Waals surface area contributed by atoms with Gasteiger partial charge in [0.05, 0.1) is 22.8 Å². The van der Waals surface area contributed by atoms with Gasteiger partial charge in [0.25, 0.3) is 0 Å². The molecule has 0 saturated carbocycles. The molecule has 0 aromatic heterocycles. The number of nitrogens with zero attached hydrogens (tertiary/aromatic N) is 2. The highest BCUT2D eigenvalue weighted by Crippen LogP contribution is 2.46. The van der Waals surface area contributed by atoms with E-state index < -0.39 is 29.0 Å². The molecule has 2 aliphatic rings. The summed E-state index contributed by atoms with van der Waals surface area (Å²) < 4.78 is 45.3. The predicted molar refractivity (Wildman–Crippen MR) is 98.8 cm³/mol. The van der Waals surface area contributed by atoms with E-state index in [1.807, 2.05) is 0 Å². The van der Waals surface area contributed by atoms with E-state index in [0.29, 0.717) is 12.8 Å². The van der Waals surface area contributed by atoms with Gasteiger partial charge in [-0.15, -0.1) is 0 Å². The number of alkyl halides is 3. The van der Waals surface area contributed by atoms with Crippen LogP contribution in [-0.2, 0) is 16.5 Å². The quantitative estimate of drug-likeness (QED) is 0.727. The van der Waals surface area contributed by atoms with Crippen LogP contribution in [0.1, 0.15) is 69.6 Å². The summed E-state index contributed by atoms with van der Waals surface area (Å²) in [5, 5.41) is 20.5. The van der Waals surface area contributed by atoms with Gasteiger partial charge >= 0.3 is 12.3 Å². The average molecular weight is 410 g/mol. The maximum absolute atomic E-state index is 13.3. The Kier molecular flexibility index (Phi) is 5.33. The molecular weight excluding hydrogens is 385 g/mol. The molecule has 29 heavy (non-hydrogen) atoms. The first kappa shape index (κ1) is 21.4. The molecule has 2 aliphatic heterocycles. The number of carbonyl (C=O) groups is 1. The van der Waals surface area contributed by atoms with E-state index in [1.54, 1.807) is 31.7 Å². The molecule has 0 spiro atoms. The van der Waals surface area contributed by atoms with Crippen LogP contribution in [0.2, 0.25) is 0 Å². The van der Waals surface area contributed by atoms with E-state index in [0.717, 1.165) is 18.6 Å². The van der Waals surface area contributed by atoms with E-state index in [-0.39, 0.29) is 36.1 Å². The average Bonchev–Trinajstić information content (AvgIpc) is 2.58. The monoisotopic (exact) mass is 410 g/mol. The van der Waals surface area contributed by atoms with Crippen LogP contribution in [0, 0.1) is 11.3 Å². The fourth-order valence-corrected chi connectivity index (χ4v) is 4.40. The van der Waals surface area contributed by atoms with Crippen molar-refractivity contribution in [3.63, 3.8) is 0 Å². The van der Waals surface area contributed by atoms with Crippen molar-refractivity contribution in [2.45, 2.75) is 82.3 Å². The van der Waals surface area contributed by atoms with E-state index in [4.69, 9.17) is 10.00 Å². The fraction of sp³-hybridized carbons (Fsp3) is 0.619. The second-order valence-electron chi connectivity index (χ2n) is 8.97. The molecule has 1 amide bonds. The van der Waals surface area contributed by atoms with Crippen molar-refractivity contribution >= 4 is 6.09 Å². The van der Waals surface area contributed by atoms with Crippen LogP contribution in [0.25, 0.3) is 0 Å². The number of rotatable bonds is 1. The number of ether oxygens (including phenoxy) is 1. The molecule has 1 N–H and O–H groups in total. The van der Waals surface area contributed by atoms with Gasteiger partial charge in [-0.1, -0.05) is 0 Å². The van der Waals surface area contributed by atoms with Gasteiger partial charge < -0.3 is 14.7 Å². The number of amides is 1. The topological polar surface area (TPSA) is 73.6 Å². The minimum absolute atomic E-state index is 0.0737. The summed E-state index contributed by atoms with van der Waals surface area (Å²) in [7, 11) is 0. The van der Waals surface area contributed by atoms with E-state index in [9.17, 15) is 23.1 Å². The number of carbonyl (C=O) groups excluding carboxylic acids is 1. The SMILES string of the molecule is CC(C)(C)OC(=O)N1C2CCCC1CC(O)(c1cc(C#N)cc(C(F)(F)F)c1)C2. The van der Waals surface area contributed by atoms with Gasteiger partial charge in [0, 0.05) is 24.9 Å². The molecule has 2 bridgehead atoms. The molecule has 158 valence electrons. The largest absolute Gasteiger partial charge is 0.444 e. The van der Waals surface area contributed by atoms with Crippen molar-refractivity contribution in [1.82, 2.24) is 4.90 Å². The summed E-state index contributed by atoms with van der Waals surface area (Å²) >= 11 is 0. The molecule has 8 heteroatoms. The molecule has 3 rings (SSSR count). The molecule has 2 heterocycles. The number of fused-ring (bicyclic) bond motifs is 2. The summed E-state index contributed by atoms with van der Waals surface area (Å²) in [6.45, 7) is 5.31. The Labute approximate surface area is 168 Å². The molecule has 2 saturated heterocycles. The zero-order valence-corrected chi connectivity index (χ0v) is 16.7. The highest BCUT2D eigenvalue weighted by atomic mass is 19.4. The van der Waals surface area contributed by atoms with Crippen molar-refractivity contribution in [2.75, 3.05) is 0 Å². The zero-order valence-electron chi connectivity index (χ0n) is 16.7. The Hall–Kier alpha value is -2.27. The van der Waals surface area contributed by atoms with Gasteiger partial charge in [-0.3, -0.25) is 0 Å². The van der Waals surface area contributed by atoms with E-state index in [2.05, 4.69) is 0 Å². The van der Waals surface area contributed by atoms with Crippen LogP contribution < -0.4 is 0 Å². The lowest BCUT2D eigenvalue weighted by Crippen LogP contribution is -2.59. The lowest BCUT2D eigenvalue weighted by molar-refractivity contribution is -0.138. The Morgan fingerprint density at radius 1 is 1.21 bits per heavy atom. The number of aliphatic hydroxyl groups is 1. The lowest BCUT2D eigenvalue weighted by atomic mass is 9.72. The first-order chi connectivity index (χ1) is 13.3. The molecule has 2 unspecified atom stereocenters.